The van der Waals surface area contributed by atoms with Crippen molar-refractivity contribution in [2.75, 3.05) is 19.8 Å². The van der Waals surface area contributed by atoms with Crippen LogP contribution in [0.3, 0.4) is 0 Å². The van der Waals surface area contributed by atoms with Crippen molar-refractivity contribution in [1.29, 1.82) is 0 Å². The molecule has 2 N–H and O–H groups in total. The Kier molecular flexibility index (Phi) is 1.92. The average Bonchev–Trinajstić information content (AvgIpc) is 2.50. The minimum atomic E-state index is -0.972. The van der Waals surface area contributed by atoms with Crippen molar-refractivity contribution in [3.8, 4) is 0 Å². The Bertz CT molecular complexity index is 224. The minimum Gasteiger partial charge on any atom is -0.465 e. The molecule has 0 radical (unpaired) electrons. The fourth-order valence-electron chi connectivity index (χ4n) is 2.25. The monoisotopic (exact) mass is 187 g/mol. The van der Waals surface area contributed by atoms with E-state index in [0.29, 0.717) is 13.2 Å². The van der Waals surface area contributed by atoms with Gasteiger partial charge in [0.05, 0.1) is 19.2 Å². The van der Waals surface area contributed by atoms with Gasteiger partial charge in [0.2, 0.25) is 0 Å². The summed E-state index contributed by atoms with van der Waals surface area (Å²) < 4.78 is 5.50. The first-order chi connectivity index (χ1) is 6.19. The van der Waals surface area contributed by atoms with E-state index in [2.05, 4.69) is 0 Å². The maximum Gasteiger partial charge on any atom is 0.407 e. The van der Waals surface area contributed by atoms with E-state index in [9.17, 15) is 4.79 Å². The first kappa shape index (κ1) is 8.77. The molecule has 5 heteroatoms. The van der Waals surface area contributed by atoms with Crippen LogP contribution in [-0.2, 0) is 4.74 Å². The third kappa shape index (κ3) is 1.11. The van der Waals surface area contributed by atoms with E-state index in [1.807, 2.05) is 0 Å². The van der Waals surface area contributed by atoms with E-state index in [0.717, 1.165) is 12.8 Å². The van der Waals surface area contributed by atoms with Gasteiger partial charge in [-0.2, -0.15) is 0 Å². The zero-order chi connectivity index (χ0) is 9.47. The maximum atomic E-state index is 10.7. The lowest BCUT2D eigenvalue weighted by Gasteiger charge is -2.52. The highest BCUT2D eigenvalue weighted by molar-refractivity contribution is 5.67. The molecule has 74 valence electrons. The molecular formula is C8H13NO4. The number of carboxylic acid groups (broad SMARTS) is 1. The maximum absolute atomic E-state index is 10.7. The van der Waals surface area contributed by atoms with Gasteiger partial charge in [-0.15, -0.1) is 0 Å². The third-order valence-electron chi connectivity index (χ3n) is 2.97. The SMILES string of the molecule is O=C(O)N1CC2(CCCO2)C1CO. The number of amides is 1. The highest BCUT2D eigenvalue weighted by atomic mass is 16.5. The summed E-state index contributed by atoms with van der Waals surface area (Å²) in [6.07, 6.45) is 0.853. The van der Waals surface area contributed by atoms with Crippen molar-refractivity contribution >= 4 is 6.09 Å². The first-order valence-corrected chi connectivity index (χ1v) is 4.44. The van der Waals surface area contributed by atoms with Crippen LogP contribution >= 0.6 is 0 Å². The number of hydrogen-bond donors (Lipinski definition) is 2. The van der Waals surface area contributed by atoms with Gasteiger partial charge in [0.1, 0.15) is 5.60 Å². The van der Waals surface area contributed by atoms with E-state index >= 15 is 0 Å². The van der Waals surface area contributed by atoms with Gasteiger partial charge in [0, 0.05) is 6.61 Å². The molecule has 13 heavy (non-hydrogen) atoms. The summed E-state index contributed by atoms with van der Waals surface area (Å²) in [5, 5.41) is 17.8. The van der Waals surface area contributed by atoms with Crippen LogP contribution in [0.15, 0.2) is 0 Å². The first-order valence-electron chi connectivity index (χ1n) is 4.44. The largest absolute Gasteiger partial charge is 0.465 e. The van der Waals surface area contributed by atoms with Crippen LogP contribution in [0, 0.1) is 0 Å². The third-order valence-corrected chi connectivity index (χ3v) is 2.97. The molecule has 0 bridgehead atoms. The van der Waals surface area contributed by atoms with Crippen LogP contribution in [0.4, 0.5) is 4.79 Å². The standard InChI is InChI=1S/C8H13NO4/c10-4-6-8(2-1-3-13-8)5-9(6)7(11)12/h6,10H,1-5H2,(H,11,12). The fourth-order valence-corrected chi connectivity index (χ4v) is 2.25. The number of rotatable bonds is 1. The van der Waals surface area contributed by atoms with Crippen molar-refractivity contribution in [2.45, 2.75) is 24.5 Å². The zero-order valence-electron chi connectivity index (χ0n) is 7.27. The molecule has 2 unspecified atom stereocenters. The Balaban J connectivity index is 2.07. The van der Waals surface area contributed by atoms with Crippen LogP contribution in [0.2, 0.25) is 0 Å². The number of nitrogens with zero attached hydrogens (tertiary/aromatic N) is 1. The van der Waals surface area contributed by atoms with E-state index in [4.69, 9.17) is 14.9 Å². The predicted octanol–water partition coefficient (Wildman–Crippen LogP) is -0.110. The lowest BCUT2D eigenvalue weighted by atomic mass is 9.82. The highest BCUT2D eigenvalue weighted by Gasteiger charge is 2.57. The molecule has 2 heterocycles. The lowest BCUT2D eigenvalue weighted by molar-refractivity contribution is -0.158. The van der Waals surface area contributed by atoms with Gasteiger partial charge in [-0.3, -0.25) is 4.90 Å². The van der Waals surface area contributed by atoms with Crippen molar-refractivity contribution < 1.29 is 19.7 Å². The normalized spacial score (nSPS) is 37.9. The van der Waals surface area contributed by atoms with Gasteiger partial charge < -0.3 is 14.9 Å². The quantitative estimate of drug-likeness (QED) is 0.601. The molecule has 2 aliphatic heterocycles. The Morgan fingerprint density at radius 2 is 2.46 bits per heavy atom. The van der Waals surface area contributed by atoms with Gasteiger partial charge in [-0.25, -0.2) is 4.79 Å². The lowest BCUT2D eigenvalue weighted by Crippen LogP contribution is -2.71. The second-order valence-corrected chi connectivity index (χ2v) is 3.63. The van der Waals surface area contributed by atoms with Crippen LogP contribution in [0.5, 0.6) is 0 Å². The van der Waals surface area contributed by atoms with Crippen molar-refractivity contribution in [3.05, 3.63) is 0 Å². The van der Waals surface area contributed by atoms with Crippen molar-refractivity contribution in [2.24, 2.45) is 0 Å². The van der Waals surface area contributed by atoms with Gasteiger partial charge in [-0.05, 0) is 12.8 Å². The van der Waals surface area contributed by atoms with E-state index in [1.165, 1.54) is 4.90 Å². The number of likely N-dealkylation sites (tertiary alicyclic amines) is 1. The summed E-state index contributed by atoms with van der Waals surface area (Å²) in [5.41, 5.74) is -0.368. The molecule has 0 aromatic rings. The van der Waals surface area contributed by atoms with Gasteiger partial charge in [0.25, 0.3) is 0 Å². The molecule has 0 aromatic carbocycles. The highest BCUT2D eigenvalue weighted by Crippen LogP contribution is 2.40. The van der Waals surface area contributed by atoms with Gasteiger partial charge >= 0.3 is 6.09 Å². The Hall–Kier alpha value is -0.810. The van der Waals surface area contributed by atoms with Crippen LogP contribution in [0.1, 0.15) is 12.8 Å². The molecular weight excluding hydrogens is 174 g/mol. The molecule has 2 saturated heterocycles. The molecule has 1 amide bonds. The Morgan fingerprint density at radius 1 is 1.69 bits per heavy atom. The molecule has 2 rings (SSSR count). The summed E-state index contributed by atoms with van der Waals surface area (Å²) in [6.45, 7) is 0.948. The second-order valence-electron chi connectivity index (χ2n) is 3.63. The Morgan fingerprint density at radius 3 is 2.92 bits per heavy atom. The predicted molar refractivity (Wildman–Crippen MR) is 43.5 cm³/mol. The summed E-state index contributed by atoms with van der Waals surface area (Å²) in [4.78, 5) is 11.9. The number of aliphatic hydroxyl groups is 1. The molecule has 0 aromatic heterocycles. The van der Waals surface area contributed by atoms with E-state index in [-0.39, 0.29) is 18.2 Å². The molecule has 5 nitrogen and oxygen atoms in total. The number of carbonyl (C=O) groups is 1. The van der Waals surface area contributed by atoms with Crippen LogP contribution in [-0.4, -0.2) is 52.6 Å². The topological polar surface area (TPSA) is 70.0 Å². The van der Waals surface area contributed by atoms with E-state index < -0.39 is 6.09 Å². The number of hydrogen-bond acceptors (Lipinski definition) is 3. The van der Waals surface area contributed by atoms with Crippen molar-refractivity contribution in [3.63, 3.8) is 0 Å². The van der Waals surface area contributed by atoms with Crippen LogP contribution < -0.4 is 0 Å². The second kappa shape index (κ2) is 2.85. The molecule has 0 saturated carbocycles. The molecule has 2 atom stereocenters. The fraction of sp³-hybridized carbons (Fsp3) is 0.875. The Labute approximate surface area is 75.9 Å². The number of aliphatic hydroxyl groups excluding tert-OH is 1. The average molecular weight is 187 g/mol. The zero-order valence-corrected chi connectivity index (χ0v) is 7.27. The molecule has 1 spiro atoms. The molecule has 0 aliphatic carbocycles. The summed E-state index contributed by atoms with van der Waals surface area (Å²) in [6, 6.07) is -0.354. The van der Waals surface area contributed by atoms with Crippen LogP contribution in [0.25, 0.3) is 0 Å². The van der Waals surface area contributed by atoms with Gasteiger partial charge in [0.15, 0.2) is 0 Å². The summed E-state index contributed by atoms with van der Waals surface area (Å²) in [7, 11) is 0. The van der Waals surface area contributed by atoms with Crippen molar-refractivity contribution in [1.82, 2.24) is 4.90 Å². The molecule has 2 fully saturated rings. The summed E-state index contributed by atoms with van der Waals surface area (Å²) >= 11 is 0. The smallest absolute Gasteiger partial charge is 0.407 e. The summed E-state index contributed by atoms with van der Waals surface area (Å²) in [5.74, 6) is 0. The van der Waals surface area contributed by atoms with Gasteiger partial charge in [-0.1, -0.05) is 0 Å². The molecule has 2 aliphatic rings. The number of ether oxygens (including phenoxy) is 1. The minimum absolute atomic E-state index is 0.147. The van der Waals surface area contributed by atoms with E-state index in [1.54, 1.807) is 0 Å².